The lowest BCUT2D eigenvalue weighted by atomic mass is 9.89. The zero-order valence-electron chi connectivity index (χ0n) is 20.7. The van der Waals surface area contributed by atoms with Crippen molar-refractivity contribution in [3.8, 4) is 5.75 Å². The van der Waals surface area contributed by atoms with E-state index in [9.17, 15) is 0 Å². The molecular formula is C29H44O4. The fourth-order valence-electron chi connectivity index (χ4n) is 4.38. The summed E-state index contributed by atoms with van der Waals surface area (Å²) < 4.78 is 23.8. The van der Waals surface area contributed by atoms with Crippen LogP contribution in [-0.2, 0) is 14.2 Å². The van der Waals surface area contributed by atoms with Gasteiger partial charge in [0.05, 0.1) is 44.0 Å². The Morgan fingerprint density at radius 2 is 1.45 bits per heavy atom. The Balaban J connectivity index is 1.11. The van der Waals surface area contributed by atoms with Crippen LogP contribution in [0.15, 0.2) is 36.1 Å². The van der Waals surface area contributed by atoms with E-state index in [0.29, 0.717) is 12.2 Å². The number of allylic oxidation sites excluding steroid dienone is 1. The van der Waals surface area contributed by atoms with Gasteiger partial charge in [-0.1, -0.05) is 23.6 Å². The van der Waals surface area contributed by atoms with Gasteiger partial charge in [-0.3, -0.25) is 0 Å². The van der Waals surface area contributed by atoms with Crippen molar-refractivity contribution in [2.24, 2.45) is 0 Å². The van der Waals surface area contributed by atoms with Crippen molar-refractivity contribution >= 4 is 0 Å². The van der Waals surface area contributed by atoms with Gasteiger partial charge in [-0.25, -0.2) is 0 Å². The van der Waals surface area contributed by atoms with E-state index >= 15 is 0 Å². The van der Waals surface area contributed by atoms with Crippen molar-refractivity contribution in [3.63, 3.8) is 0 Å². The fourth-order valence-corrected chi connectivity index (χ4v) is 4.38. The largest absolute Gasteiger partial charge is 0.498 e. The minimum absolute atomic E-state index is 0.337. The average molecular weight is 457 g/mol. The topological polar surface area (TPSA) is 36.9 Å². The van der Waals surface area contributed by atoms with E-state index in [1.807, 2.05) is 12.1 Å². The lowest BCUT2D eigenvalue weighted by molar-refractivity contribution is -0.00229. The molecule has 0 saturated heterocycles. The highest BCUT2D eigenvalue weighted by atomic mass is 16.5. The molecule has 0 bridgehead atoms. The van der Waals surface area contributed by atoms with Crippen molar-refractivity contribution in [3.05, 3.63) is 54.5 Å². The third-order valence-electron chi connectivity index (χ3n) is 6.57. The number of aryl methyl sites for hydroxylation is 1. The van der Waals surface area contributed by atoms with Crippen molar-refractivity contribution in [1.82, 2.24) is 0 Å². The van der Waals surface area contributed by atoms with E-state index in [0.717, 1.165) is 102 Å². The molecule has 0 heterocycles. The standard InChI is InChI=1S/C29H44O4/c1-24-8-12-26(13-9-24)30-20-5-3-4-6-21-31-28-16-18-29(19-17-28)33-23-7-22-32-27-14-10-25(2)11-15-27/h8-9,12-13,16,27,29H,2-7,10-11,14-15,17-23H2,1H3. The molecule has 1 fully saturated rings. The first kappa shape index (κ1) is 26.0. The molecule has 33 heavy (non-hydrogen) atoms. The maximum atomic E-state index is 6.05. The highest BCUT2D eigenvalue weighted by Crippen LogP contribution is 2.27. The van der Waals surface area contributed by atoms with Gasteiger partial charge in [0.15, 0.2) is 0 Å². The van der Waals surface area contributed by atoms with Crippen LogP contribution in [0.2, 0.25) is 0 Å². The molecule has 0 amide bonds. The normalized spacial score (nSPS) is 19.4. The van der Waals surface area contributed by atoms with Crippen LogP contribution >= 0.6 is 0 Å². The van der Waals surface area contributed by atoms with Gasteiger partial charge in [-0.05, 0) is 70.1 Å². The van der Waals surface area contributed by atoms with Gasteiger partial charge in [0, 0.05) is 32.5 Å². The van der Waals surface area contributed by atoms with Crippen LogP contribution in [0, 0.1) is 19.8 Å². The lowest BCUT2D eigenvalue weighted by Gasteiger charge is -2.24. The molecule has 1 aromatic carbocycles. The zero-order valence-corrected chi connectivity index (χ0v) is 20.7. The van der Waals surface area contributed by atoms with E-state index < -0.39 is 0 Å². The summed E-state index contributed by atoms with van der Waals surface area (Å²) in [6, 6.07) is 8.27. The number of hydrogen-bond donors (Lipinski definition) is 0. The molecule has 1 aromatic rings. The third-order valence-corrected chi connectivity index (χ3v) is 6.57. The smallest absolute Gasteiger partial charge is 0.119 e. The SMILES string of the molecule is [CH2-][C+]1CCC(OCCCOC2CC=C(OCCCCCCOc3ccc(C)cc3)CC2)CC1. The van der Waals surface area contributed by atoms with Crippen LogP contribution in [0.3, 0.4) is 0 Å². The van der Waals surface area contributed by atoms with Gasteiger partial charge in [-0.15, -0.1) is 6.92 Å². The quantitative estimate of drug-likeness (QED) is 0.207. The Bertz CT molecular complexity index is 661. The predicted octanol–water partition coefficient (Wildman–Crippen LogP) is 7.16. The summed E-state index contributed by atoms with van der Waals surface area (Å²) in [4.78, 5) is 0. The Morgan fingerprint density at radius 1 is 0.788 bits per heavy atom. The molecule has 0 spiro atoms. The summed E-state index contributed by atoms with van der Waals surface area (Å²) in [6.45, 7) is 9.38. The second-order valence-corrected chi connectivity index (χ2v) is 9.54. The van der Waals surface area contributed by atoms with Crippen LogP contribution in [0.4, 0.5) is 0 Å². The zero-order chi connectivity index (χ0) is 23.1. The van der Waals surface area contributed by atoms with Crippen molar-refractivity contribution < 1.29 is 18.9 Å². The summed E-state index contributed by atoms with van der Waals surface area (Å²) >= 11 is 0. The Kier molecular flexibility index (Phi) is 12.0. The summed E-state index contributed by atoms with van der Waals surface area (Å²) in [5, 5.41) is 0. The number of benzene rings is 1. The molecule has 1 atom stereocenters. The number of rotatable bonds is 15. The molecule has 0 N–H and O–H groups in total. The Morgan fingerprint density at radius 3 is 2.12 bits per heavy atom. The van der Waals surface area contributed by atoms with Crippen LogP contribution in [0.25, 0.3) is 0 Å². The van der Waals surface area contributed by atoms with Crippen LogP contribution in [-0.4, -0.2) is 38.6 Å². The van der Waals surface area contributed by atoms with Crippen molar-refractivity contribution in [1.29, 1.82) is 0 Å². The molecule has 4 nitrogen and oxygen atoms in total. The summed E-state index contributed by atoms with van der Waals surface area (Å²) in [5.41, 5.74) is 1.27. The van der Waals surface area contributed by atoms with E-state index in [1.54, 1.807) is 0 Å². The molecule has 0 radical (unpaired) electrons. The highest BCUT2D eigenvalue weighted by molar-refractivity contribution is 5.26. The maximum Gasteiger partial charge on any atom is 0.119 e. The van der Waals surface area contributed by atoms with Gasteiger partial charge in [0.1, 0.15) is 5.75 Å². The van der Waals surface area contributed by atoms with Gasteiger partial charge >= 0.3 is 0 Å². The molecule has 1 unspecified atom stereocenters. The summed E-state index contributed by atoms with van der Waals surface area (Å²) in [7, 11) is 0. The molecular weight excluding hydrogens is 412 g/mol. The molecule has 0 aromatic heterocycles. The van der Waals surface area contributed by atoms with Crippen LogP contribution < -0.4 is 4.74 Å². The summed E-state index contributed by atoms with van der Waals surface area (Å²) in [5.74, 6) is 3.50. The Labute approximate surface area is 202 Å². The van der Waals surface area contributed by atoms with Gasteiger partial charge in [-0.2, -0.15) is 0 Å². The van der Waals surface area contributed by atoms with Crippen LogP contribution in [0.1, 0.15) is 82.6 Å². The number of ether oxygens (including phenoxy) is 4. The van der Waals surface area contributed by atoms with Crippen molar-refractivity contribution in [2.45, 2.75) is 96.2 Å². The van der Waals surface area contributed by atoms with Gasteiger partial charge in [0.25, 0.3) is 0 Å². The minimum atomic E-state index is 0.337. The van der Waals surface area contributed by atoms with Gasteiger partial charge in [0.2, 0.25) is 0 Å². The number of unbranched alkanes of at least 4 members (excludes halogenated alkanes) is 3. The van der Waals surface area contributed by atoms with E-state index in [2.05, 4.69) is 32.1 Å². The number of hydrogen-bond acceptors (Lipinski definition) is 4. The molecule has 0 aliphatic heterocycles. The van der Waals surface area contributed by atoms with Crippen molar-refractivity contribution in [2.75, 3.05) is 26.4 Å². The molecule has 184 valence electrons. The Hall–Kier alpha value is -1.65. The fraction of sp³-hybridized carbons (Fsp3) is 0.655. The molecule has 3 rings (SSSR count). The lowest BCUT2D eigenvalue weighted by Crippen LogP contribution is -2.21. The monoisotopic (exact) mass is 456 g/mol. The highest BCUT2D eigenvalue weighted by Gasteiger charge is 2.21. The molecule has 4 heteroatoms. The summed E-state index contributed by atoms with van der Waals surface area (Å²) in [6.07, 6.45) is 16.1. The van der Waals surface area contributed by atoms with Gasteiger partial charge < -0.3 is 18.9 Å². The maximum absolute atomic E-state index is 6.05. The van der Waals surface area contributed by atoms with E-state index in [-0.39, 0.29) is 0 Å². The molecule has 1 saturated carbocycles. The molecule has 2 aliphatic carbocycles. The first-order valence-corrected chi connectivity index (χ1v) is 13.1. The third kappa shape index (κ3) is 10.9. The predicted molar refractivity (Wildman–Crippen MR) is 134 cm³/mol. The second kappa shape index (κ2) is 15.3. The molecule has 2 aliphatic rings. The van der Waals surface area contributed by atoms with Crippen LogP contribution in [0.5, 0.6) is 5.75 Å². The van der Waals surface area contributed by atoms with E-state index in [1.165, 1.54) is 24.3 Å². The minimum Gasteiger partial charge on any atom is -0.498 e. The van der Waals surface area contributed by atoms with E-state index in [4.69, 9.17) is 18.9 Å². The first-order chi connectivity index (χ1) is 16.2. The first-order valence-electron chi connectivity index (χ1n) is 13.1. The second-order valence-electron chi connectivity index (χ2n) is 9.54. The average Bonchev–Trinajstić information content (AvgIpc) is 2.84.